The third-order valence-corrected chi connectivity index (χ3v) is 6.61. The lowest BCUT2D eigenvalue weighted by atomic mass is 10.2. The number of sulfonamides is 1. The molecule has 0 aliphatic heterocycles. The van der Waals surface area contributed by atoms with Crippen LogP contribution in [-0.2, 0) is 10.0 Å². The SMILES string of the molecule is CCS(=O)(=O)N(C)CCCNC(=O)c1csc(-c2ccc(Cl)cc2)n1. The van der Waals surface area contributed by atoms with Crippen LogP contribution in [0.4, 0.5) is 0 Å². The van der Waals surface area contributed by atoms with Crippen molar-refractivity contribution in [1.29, 1.82) is 0 Å². The average molecular weight is 402 g/mol. The fraction of sp³-hybridized carbons (Fsp3) is 0.375. The van der Waals surface area contributed by atoms with Crippen LogP contribution >= 0.6 is 22.9 Å². The zero-order valence-electron chi connectivity index (χ0n) is 14.0. The van der Waals surface area contributed by atoms with Gasteiger partial charge < -0.3 is 5.32 Å². The molecule has 1 amide bonds. The average Bonchev–Trinajstić information content (AvgIpc) is 3.09. The lowest BCUT2D eigenvalue weighted by molar-refractivity contribution is 0.0948. The standard InChI is InChI=1S/C16H20ClN3O3S2/c1-3-25(22,23)20(2)10-4-9-18-15(21)14-11-24-16(19-14)12-5-7-13(17)8-6-12/h5-8,11H,3-4,9-10H2,1-2H3,(H,18,21). The lowest BCUT2D eigenvalue weighted by Gasteiger charge is -2.15. The fourth-order valence-electron chi connectivity index (χ4n) is 2.06. The molecule has 136 valence electrons. The first-order valence-electron chi connectivity index (χ1n) is 7.77. The van der Waals surface area contributed by atoms with Gasteiger partial charge in [-0.1, -0.05) is 23.7 Å². The van der Waals surface area contributed by atoms with E-state index in [1.165, 1.54) is 15.6 Å². The molecule has 2 rings (SSSR count). The van der Waals surface area contributed by atoms with Gasteiger partial charge in [0.2, 0.25) is 10.0 Å². The molecule has 25 heavy (non-hydrogen) atoms. The highest BCUT2D eigenvalue weighted by Gasteiger charge is 2.15. The summed E-state index contributed by atoms with van der Waals surface area (Å²) < 4.78 is 24.6. The summed E-state index contributed by atoms with van der Waals surface area (Å²) >= 11 is 7.25. The van der Waals surface area contributed by atoms with Gasteiger partial charge in [0.05, 0.1) is 5.75 Å². The van der Waals surface area contributed by atoms with E-state index >= 15 is 0 Å². The van der Waals surface area contributed by atoms with Crippen LogP contribution in [-0.4, -0.2) is 49.5 Å². The zero-order valence-corrected chi connectivity index (χ0v) is 16.4. The molecule has 1 aromatic heterocycles. The first-order valence-corrected chi connectivity index (χ1v) is 10.6. The molecule has 2 aromatic rings. The molecule has 0 fully saturated rings. The van der Waals surface area contributed by atoms with Crippen LogP contribution in [0.25, 0.3) is 10.6 Å². The molecular formula is C16H20ClN3O3S2. The molecule has 0 radical (unpaired) electrons. The highest BCUT2D eigenvalue weighted by Crippen LogP contribution is 2.25. The molecule has 0 spiro atoms. The van der Waals surface area contributed by atoms with Gasteiger partial charge in [-0.2, -0.15) is 0 Å². The second-order valence-electron chi connectivity index (χ2n) is 5.38. The van der Waals surface area contributed by atoms with Crippen molar-refractivity contribution in [3.63, 3.8) is 0 Å². The Balaban J connectivity index is 1.85. The van der Waals surface area contributed by atoms with Gasteiger partial charge in [-0.05, 0) is 25.5 Å². The Morgan fingerprint density at radius 3 is 2.64 bits per heavy atom. The van der Waals surface area contributed by atoms with Crippen LogP contribution in [0.5, 0.6) is 0 Å². The third-order valence-electron chi connectivity index (χ3n) is 3.60. The monoisotopic (exact) mass is 401 g/mol. The summed E-state index contributed by atoms with van der Waals surface area (Å²) in [6.07, 6.45) is 0.537. The predicted molar refractivity (Wildman–Crippen MR) is 102 cm³/mol. The van der Waals surface area contributed by atoms with Gasteiger partial charge in [0.25, 0.3) is 5.91 Å². The topological polar surface area (TPSA) is 79.4 Å². The van der Waals surface area contributed by atoms with Gasteiger partial charge in [0.1, 0.15) is 10.7 Å². The van der Waals surface area contributed by atoms with Crippen molar-refractivity contribution in [3.8, 4) is 10.6 Å². The minimum absolute atomic E-state index is 0.0716. The van der Waals surface area contributed by atoms with Crippen LogP contribution < -0.4 is 5.32 Å². The maximum absolute atomic E-state index is 12.1. The normalized spacial score (nSPS) is 11.7. The smallest absolute Gasteiger partial charge is 0.270 e. The number of hydrogen-bond acceptors (Lipinski definition) is 5. The van der Waals surface area contributed by atoms with Crippen molar-refractivity contribution < 1.29 is 13.2 Å². The Kier molecular flexibility index (Phi) is 6.95. The van der Waals surface area contributed by atoms with Crippen LogP contribution in [0.1, 0.15) is 23.8 Å². The van der Waals surface area contributed by atoms with Crippen LogP contribution in [0.2, 0.25) is 5.02 Å². The van der Waals surface area contributed by atoms with E-state index in [0.717, 1.165) is 10.6 Å². The number of hydrogen-bond donors (Lipinski definition) is 1. The molecule has 6 nitrogen and oxygen atoms in total. The summed E-state index contributed by atoms with van der Waals surface area (Å²) in [7, 11) is -1.64. The summed E-state index contributed by atoms with van der Waals surface area (Å²) in [5.74, 6) is -0.195. The molecule has 0 saturated carbocycles. The van der Waals surface area contributed by atoms with Crippen LogP contribution in [0, 0.1) is 0 Å². The molecule has 9 heteroatoms. The molecule has 1 aromatic carbocycles. The van der Waals surface area contributed by atoms with Crippen LogP contribution in [0.3, 0.4) is 0 Å². The molecule has 0 bridgehead atoms. The Labute approximate surface area is 156 Å². The minimum Gasteiger partial charge on any atom is -0.351 e. The van der Waals surface area contributed by atoms with E-state index in [-0.39, 0.29) is 11.7 Å². The summed E-state index contributed by atoms with van der Waals surface area (Å²) in [6, 6.07) is 7.26. The second kappa shape index (κ2) is 8.75. The summed E-state index contributed by atoms with van der Waals surface area (Å²) in [4.78, 5) is 16.5. The van der Waals surface area contributed by atoms with Gasteiger partial charge in [0, 0.05) is 36.1 Å². The number of benzene rings is 1. The molecule has 0 aliphatic rings. The molecule has 1 heterocycles. The number of carbonyl (C=O) groups is 1. The zero-order chi connectivity index (χ0) is 18.4. The largest absolute Gasteiger partial charge is 0.351 e. The molecule has 0 aliphatic carbocycles. The first-order chi connectivity index (χ1) is 11.8. The predicted octanol–water partition coefficient (Wildman–Crippen LogP) is 2.86. The number of nitrogens with zero attached hydrogens (tertiary/aromatic N) is 2. The van der Waals surface area contributed by atoms with Gasteiger partial charge in [-0.3, -0.25) is 4.79 Å². The van der Waals surface area contributed by atoms with Crippen molar-refractivity contribution in [2.75, 3.05) is 25.9 Å². The van der Waals surface area contributed by atoms with E-state index < -0.39 is 10.0 Å². The highest BCUT2D eigenvalue weighted by atomic mass is 35.5. The van der Waals surface area contributed by atoms with Crippen LogP contribution in [0.15, 0.2) is 29.6 Å². The third kappa shape index (κ3) is 5.50. The summed E-state index contributed by atoms with van der Waals surface area (Å²) in [5.41, 5.74) is 1.25. The van der Waals surface area contributed by atoms with Gasteiger partial charge in [-0.25, -0.2) is 17.7 Å². The van der Waals surface area contributed by atoms with E-state index in [9.17, 15) is 13.2 Å². The Morgan fingerprint density at radius 2 is 2.00 bits per heavy atom. The molecule has 0 atom stereocenters. The van der Waals surface area contributed by atoms with Gasteiger partial charge in [0.15, 0.2) is 0 Å². The maximum atomic E-state index is 12.1. The molecule has 0 saturated heterocycles. The van der Waals surface area contributed by atoms with E-state index in [0.29, 0.717) is 30.2 Å². The molecular weight excluding hydrogens is 382 g/mol. The van der Waals surface area contributed by atoms with Gasteiger partial charge in [-0.15, -0.1) is 11.3 Å². The maximum Gasteiger partial charge on any atom is 0.270 e. The molecule has 1 N–H and O–H groups in total. The summed E-state index contributed by atoms with van der Waals surface area (Å²) in [5, 5.41) is 5.85. The Bertz CT molecular complexity index is 819. The fourth-order valence-corrected chi connectivity index (χ4v) is 3.84. The minimum atomic E-state index is -3.18. The number of thiazole rings is 1. The van der Waals surface area contributed by atoms with Crippen molar-refractivity contribution in [2.45, 2.75) is 13.3 Å². The second-order valence-corrected chi connectivity index (χ2v) is 9.04. The number of aromatic nitrogens is 1. The number of rotatable bonds is 8. The quantitative estimate of drug-likeness (QED) is 0.690. The molecule has 0 unspecified atom stereocenters. The van der Waals surface area contributed by atoms with E-state index in [1.807, 2.05) is 12.1 Å². The van der Waals surface area contributed by atoms with Crippen molar-refractivity contribution >= 4 is 38.9 Å². The van der Waals surface area contributed by atoms with Crippen molar-refractivity contribution in [2.24, 2.45) is 0 Å². The van der Waals surface area contributed by atoms with Gasteiger partial charge >= 0.3 is 0 Å². The van der Waals surface area contributed by atoms with Crippen molar-refractivity contribution in [1.82, 2.24) is 14.6 Å². The van der Waals surface area contributed by atoms with E-state index in [4.69, 9.17) is 11.6 Å². The van der Waals surface area contributed by atoms with E-state index in [1.54, 1.807) is 31.5 Å². The van der Waals surface area contributed by atoms with Crippen molar-refractivity contribution in [3.05, 3.63) is 40.4 Å². The Morgan fingerprint density at radius 1 is 1.32 bits per heavy atom. The number of carbonyl (C=O) groups excluding carboxylic acids is 1. The lowest BCUT2D eigenvalue weighted by Crippen LogP contribution is -2.32. The number of amides is 1. The van der Waals surface area contributed by atoms with E-state index in [2.05, 4.69) is 10.3 Å². The summed E-state index contributed by atoms with van der Waals surface area (Å²) in [6.45, 7) is 2.36. The highest BCUT2D eigenvalue weighted by molar-refractivity contribution is 7.89. The Hall–Kier alpha value is -1.48. The number of nitrogens with one attached hydrogen (secondary N) is 1. The number of halogens is 1. The first kappa shape index (κ1) is 19.8.